The first-order chi connectivity index (χ1) is 9.82. The molecule has 1 fully saturated rings. The van der Waals surface area contributed by atoms with Crippen LogP contribution in [0.15, 0.2) is 24.3 Å². The van der Waals surface area contributed by atoms with Crippen molar-refractivity contribution in [2.75, 3.05) is 6.61 Å². The zero-order chi connectivity index (χ0) is 16.0. The average molecular weight is 329 g/mol. The van der Waals surface area contributed by atoms with E-state index in [9.17, 15) is 9.59 Å². The zero-order valence-corrected chi connectivity index (χ0v) is 15.6. The fraction of sp³-hybridized carbons (Fsp3) is 0.571. The van der Waals surface area contributed by atoms with Crippen LogP contribution in [0.4, 0.5) is 0 Å². The SMILES string of the molecule is C=C(C)C(=O)OC(CC)(OC(=O)C(=C)C)[SiH]1CCCO[SiH2]1. The summed E-state index contributed by atoms with van der Waals surface area (Å²) in [6.07, 6.45) is 1.37. The number of carbonyl (C=O) groups is 2. The summed E-state index contributed by atoms with van der Waals surface area (Å²) in [7, 11) is -2.43. The van der Waals surface area contributed by atoms with E-state index in [0.29, 0.717) is 17.6 Å². The van der Waals surface area contributed by atoms with Crippen molar-refractivity contribution in [1.29, 1.82) is 0 Å². The van der Waals surface area contributed by atoms with E-state index in [0.717, 1.165) is 19.1 Å². The predicted molar refractivity (Wildman–Crippen MR) is 85.9 cm³/mol. The minimum atomic E-state index is -1.62. The van der Waals surface area contributed by atoms with E-state index in [2.05, 4.69) is 13.2 Å². The second-order valence-corrected chi connectivity index (χ2v) is 13.0. The molecule has 1 saturated heterocycles. The van der Waals surface area contributed by atoms with Gasteiger partial charge in [0, 0.05) is 24.2 Å². The lowest BCUT2D eigenvalue weighted by atomic mass is 10.3. The molecule has 0 aromatic heterocycles. The molecule has 7 heteroatoms. The molecule has 0 aromatic carbocycles. The molecule has 5 nitrogen and oxygen atoms in total. The predicted octanol–water partition coefficient (Wildman–Crippen LogP) is 1.10. The third kappa shape index (κ3) is 4.65. The van der Waals surface area contributed by atoms with Gasteiger partial charge in [0.25, 0.3) is 0 Å². The fourth-order valence-corrected chi connectivity index (χ4v) is 10.3. The average Bonchev–Trinajstić information content (AvgIpc) is 2.46. The molecule has 1 heterocycles. The molecule has 21 heavy (non-hydrogen) atoms. The van der Waals surface area contributed by atoms with Gasteiger partial charge in [-0.15, -0.1) is 0 Å². The quantitative estimate of drug-likeness (QED) is 0.316. The summed E-state index contributed by atoms with van der Waals surface area (Å²) in [4.78, 5) is 23.9. The number of ether oxygens (including phenoxy) is 2. The molecule has 0 N–H and O–H groups in total. The molecule has 1 aliphatic heterocycles. The maximum atomic E-state index is 12.0. The normalized spacial score (nSPS) is 19.9. The summed E-state index contributed by atoms with van der Waals surface area (Å²) in [5.74, 6) is -1.03. The van der Waals surface area contributed by atoms with Crippen molar-refractivity contribution in [2.24, 2.45) is 0 Å². The van der Waals surface area contributed by atoms with Gasteiger partial charge in [0.15, 0.2) is 17.6 Å². The number of rotatable bonds is 6. The second-order valence-electron chi connectivity index (χ2n) is 5.42. The summed E-state index contributed by atoms with van der Waals surface area (Å²) in [6.45, 7) is 13.0. The van der Waals surface area contributed by atoms with Gasteiger partial charge in [0.1, 0.15) is 0 Å². The maximum Gasteiger partial charge on any atom is 0.336 e. The van der Waals surface area contributed by atoms with Gasteiger partial charge < -0.3 is 13.9 Å². The van der Waals surface area contributed by atoms with Crippen LogP contribution in [0.2, 0.25) is 6.04 Å². The topological polar surface area (TPSA) is 61.8 Å². The smallest absolute Gasteiger partial charge is 0.336 e. The number of esters is 2. The van der Waals surface area contributed by atoms with Gasteiger partial charge >= 0.3 is 11.9 Å². The third-order valence-electron chi connectivity index (χ3n) is 3.50. The van der Waals surface area contributed by atoms with Gasteiger partial charge in [-0.3, -0.25) is 0 Å². The van der Waals surface area contributed by atoms with E-state index in [-0.39, 0.29) is 0 Å². The van der Waals surface area contributed by atoms with Gasteiger partial charge in [-0.05, 0) is 20.3 Å². The Hall–Kier alpha value is -1.19. The van der Waals surface area contributed by atoms with Crippen LogP contribution in [0.25, 0.3) is 0 Å². The second kappa shape index (κ2) is 7.72. The van der Waals surface area contributed by atoms with Crippen LogP contribution in [0.5, 0.6) is 0 Å². The van der Waals surface area contributed by atoms with Crippen molar-refractivity contribution in [2.45, 2.75) is 45.1 Å². The van der Waals surface area contributed by atoms with E-state index >= 15 is 0 Å². The Kier molecular flexibility index (Phi) is 6.56. The minimum absolute atomic E-state index is 0.298. The Labute approximate surface area is 129 Å². The largest absolute Gasteiger partial charge is 0.427 e. The van der Waals surface area contributed by atoms with Crippen molar-refractivity contribution in [3.8, 4) is 0 Å². The Balaban J connectivity index is 3.03. The molecule has 1 unspecified atom stereocenters. The zero-order valence-electron chi connectivity index (χ0n) is 13.1. The first kappa shape index (κ1) is 17.9. The summed E-state index contributed by atoms with van der Waals surface area (Å²) < 4.78 is 16.9. The molecule has 0 aromatic rings. The van der Waals surface area contributed by atoms with Crippen LogP contribution in [-0.4, -0.2) is 41.6 Å². The lowest BCUT2D eigenvalue weighted by molar-refractivity contribution is -0.197. The van der Waals surface area contributed by atoms with Crippen molar-refractivity contribution < 1.29 is 23.5 Å². The maximum absolute atomic E-state index is 12.0. The number of hydrogen-bond acceptors (Lipinski definition) is 5. The molecular formula is C14H24O5Si2. The van der Waals surface area contributed by atoms with Gasteiger partial charge in [0.05, 0.1) is 0 Å². The third-order valence-corrected chi connectivity index (χ3v) is 12.4. The lowest BCUT2D eigenvalue weighted by Crippen LogP contribution is -2.57. The van der Waals surface area contributed by atoms with Crippen molar-refractivity contribution in [3.05, 3.63) is 24.3 Å². The molecule has 0 radical (unpaired) electrons. The first-order valence-corrected chi connectivity index (χ1v) is 12.4. The van der Waals surface area contributed by atoms with Crippen molar-refractivity contribution in [1.82, 2.24) is 0 Å². The van der Waals surface area contributed by atoms with Crippen molar-refractivity contribution >= 4 is 29.5 Å². The molecule has 0 spiro atoms. The van der Waals surface area contributed by atoms with Crippen molar-refractivity contribution in [3.63, 3.8) is 0 Å². The molecule has 0 saturated carbocycles. The van der Waals surface area contributed by atoms with Crippen LogP contribution in [0.3, 0.4) is 0 Å². The van der Waals surface area contributed by atoms with E-state index in [1.807, 2.05) is 6.92 Å². The standard InChI is InChI=1S/C14H24O5Si2/c1-6-14(18-12(15)10(2)3,19-13(16)11(4)5)21-9-7-8-17-20-21/h21H,2,4,6-9,20H2,1,3,5H3. The van der Waals surface area contributed by atoms with Crippen LogP contribution in [0.1, 0.15) is 33.6 Å². The Morgan fingerprint density at radius 3 is 2.10 bits per heavy atom. The highest BCUT2D eigenvalue weighted by molar-refractivity contribution is 7.11. The van der Waals surface area contributed by atoms with Gasteiger partial charge in [0.2, 0.25) is 5.41 Å². The van der Waals surface area contributed by atoms with E-state index in [1.165, 1.54) is 0 Å². The number of carbonyl (C=O) groups excluding carboxylic acids is 2. The highest BCUT2D eigenvalue weighted by Gasteiger charge is 2.47. The van der Waals surface area contributed by atoms with Gasteiger partial charge in [-0.25, -0.2) is 9.59 Å². The summed E-state index contributed by atoms with van der Waals surface area (Å²) in [5, 5.41) is 0. The van der Waals surface area contributed by atoms with E-state index in [1.54, 1.807) is 13.8 Å². The first-order valence-electron chi connectivity index (χ1n) is 7.18. The minimum Gasteiger partial charge on any atom is -0.427 e. The Bertz CT molecular complexity index is 413. The fourth-order valence-electron chi connectivity index (χ4n) is 2.20. The highest BCUT2D eigenvalue weighted by atomic mass is 29.2. The Morgan fingerprint density at radius 1 is 1.24 bits per heavy atom. The molecular weight excluding hydrogens is 304 g/mol. The van der Waals surface area contributed by atoms with Crippen LogP contribution in [0, 0.1) is 0 Å². The van der Waals surface area contributed by atoms with E-state index in [4.69, 9.17) is 13.9 Å². The van der Waals surface area contributed by atoms with Crippen LogP contribution in [-0.2, 0) is 23.5 Å². The van der Waals surface area contributed by atoms with E-state index < -0.39 is 34.9 Å². The lowest BCUT2D eigenvalue weighted by Gasteiger charge is -2.39. The van der Waals surface area contributed by atoms with Crippen LogP contribution >= 0.6 is 0 Å². The molecule has 1 aliphatic rings. The summed E-state index contributed by atoms with van der Waals surface area (Å²) in [5.41, 5.74) is -0.531. The molecule has 0 bridgehead atoms. The molecule has 118 valence electrons. The Morgan fingerprint density at radius 2 is 1.76 bits per heavy atom. The molecule has 1 rings (SSSR count). The van der Waals surface area contributed by atoms with Gasteiger partial charge in [-0.1, -0.05) is 26.1 Å². The monoisotopic (exact) mass is 328 g/mol. The van der Waals surface area contributed by atoms with Gasteiger partial charge in [-0.2, -0.15) is 0 Å². The molecule has 0 amide bonds. The summed E-state index contributed by atoms with van der Waals surface area (Å²) >= 11 is 0. The molecule has 1 atom stereocenters. The summed E-state index contributed by atoms with van der Waals surface area (Å²) in [6, 6.07) is 0.965. The number of hydrogen-bond donors (Lipinski definition) is 0. The molecule has 0 aliphatic carbocycles. The highest BCUT2D eigenvalue weighted by Crippen LogP contribution is 2.28. The van der Waals surface area contributed by atoms with Crippen LogP contribution < -0.4 is 0 Å².